The van der Waals surface area contributed by atoms with Crippen LogP contribution in [-0.4, -0.2) is 4.98 Å². The number of allylic oxidation sites excluding steroid dienone is 1. The van der Waals surface area contributed by atoms with Crippen LogP contribution in [0.25, 0.3) is 5.57 Å². The first-order chi connectivity index (χ1) is 5.24. The van der Waals surface area contributed by atoms with E-state index in [1.165, 1.54) is 0 Å². The highest BCUT2D eigenvalue weighted by atomic mass is 14.6. The van der Waals surface area contributed by atoms with Gasteiger partial charge in [-0.05, 0) is 24.6 Å². The van der Waals surface area contributed by atoms with Crippen LogP contribution in [0.1, 0.15) is 11.3 Å². The van der Waals surface area contributed by atoms with Crippen LogP contribution in [0.3, 0.4) is 0 Å². The number of rotatable bonds is 1. The molecule has 0 atom stereocenters. The number of hydrogen-bond acceptors (Lipinski definition) is 2. The van der Waals surface area contributed by atoms with Gasteiger partial charge in [-0.3, -0.25) is 4.98 Å². The smallest absolute Gasteiger partial charge is 0.0991 e. The zero-order chi connectivity index (χ0) is 8.27. The largest absolute Gasteiger partial charge is 0.262 e. The van der Waals surface area contributed by atoms with Crippen LogP contribution in [0, 0.1) is 18.3 Å². The van der Waals surface area contributed by atoms with E-state index in [4.69, 9.17) is 5.26 Å². The van der Waals surface area contributed by atoms with Gasteiger partial charge in [0.1, 0.15) is 0 Å². The van der Waals surface area contributed by atoms with Crippen molar-refractivity contribution in [1.82, 2.24) is 4.98 Å². The average molecular weight is 144 g/mol. The molecule has 0 aromatic carbocycles. The van der Waals surface area contributed by atoms with Crippen LogP contribution in [-0.2, 0) is 0 Å². The Hall–Kier alpha value is -1.62. The molecular weight excluding hydrogens is 136 g/mol. The zero-order valence-electron chi connectivity index (χ0n) is 6.33. The van der Waals surface area contributed by atoms with Crippen molar-refractivity contribution in [1.29, 1.82) is 5.26 Å². The normalized spacial score (nSPS) is 8.73. The molecule has 0 aliphatic rings. The molecule has 0 bridgehead atoms. The minimum atomic E-state index is 0.482. The summed E-state index contributed by atoms with van der Waals surface area (Å²) < 4.78 is 0. The molecule has 1 heterocycles. The molecule has 0 saturated carbocycles. The highest BCUT2D eigenvalue weighted by Gasteiger charge is 1.95. The Bertz CT molecular complexity index is 321. The Morgan fingerprint density at radius 3 is 3.00 bits per heavy atom. The molecule has 0 unspecified atom stereocenters. The number of nitrogens with zero attached hydrogens (tertiary/aromatic N) is 2. The summed E-state index contributed by atoms with van der Waals surface area (Å²) in [5.41, 5.74) is 2.23. The molecule has 0 aliphatic carbocycles. The third-order valence-corrected chi connectivity index (χ3v) is 1.38. The summed E-state index contributed by atoms with van der Waals surface area (Å²) in [7, 11) is 0. The molecule has 2 heteroatoms. The van der Waals surface area contributed by atoms with E-state index in [0.717, 1.165) is 11.3 Å². The number of pyridine rings is 1. The van der Waals surface area contributed by atoms with Gasteiger partial charge in [-0.15, -0.1) is 0 Å². The molecule has 1 aromatic rings. The van der Waals surface area contributed by atoms with Crippen molar-refractivity contribution in [3.8, 4) is 6.07 Å². The third kappa shape index (κ3) is 1.65. The molecule has 0 saturated heterocycles. The van der Waals surface area contributed by atoms with Crippen molar-refractivity contribution in [3.05, 3.63) is 36.2 Å². The molecule has 0 fully saturated rings. The Balaban J connectivity index is 3.08. The average Bonchev–Trinajstić information content (AvgIpc) is 2.03. The summed E-state index contributed by atoms with van der Waals surface area (Å²) in [6.07, 6.45) is 1.67. The standard InChI is InChI=1S/C9H8N2/c1-7(6-10)9-3-4-11-8(2)5-9/h3-5H,1H2,2H3. The van der Waals surface area contributed by atoms with Crippen LogP contribution in [0.4, 0.5) is 0 Å². The fourth-order valence-corrected chi connectivity index (χ4v) is 0.798. The van der Waals surface area contributed by atoms with Crippen LogP contribution < -0.4 is 0 Å². The molecule has 0 amide bonds. The monoisotopic (exact) mass is 144 g/mol. The summed E-state index contributed by atoms with van der Waals surface area (Å²) in [4.78, 5) is 4.01. The van der Waals surface area contributed by atoms with Gasteiger partial charge in [0, 0.05) is 11.9 Å². The van der Waals surface area contributed by atoms with E-state index >= 15 is 0 Å². The van der Waals surface area contributed by atoms with E-state index in [0.29, 0.717) is 5.57 Å². The van der Waals surface area contributed by atoms with Crippen molar-refractivity contribution in [3.63, 3.8) is 0 Å². The Morgan fingerprint density at radius 2 is 2.45 bits per heavy atom. The molecule has 54 valence electrons. The van der Waals surface area contributed by atoms with E-state index < -0.39 is 0 Å². The van der Waals surface area contributed by atoms with E-state index in [-0.39, 0.29) is 0 Å². The van der Waals surface area contributed by atoms with Gasteiger partial charge in [-0.25, -0.2) is 0 Å². The van der Waals surface area contributed by atoms with Gasteiger partial charge >= 0.3 is 0 Å². The second-order valence-corrected chi connectivity index (χ2v) is 2.28. The second-order valence-electron chi connectivity index (χ2n) is 2.28. The highest BCUT2D eigenvalue weighted by molar-refractivity contribution is 5.74. The highest BCUT2D eigenvalue weighted by Crippen LogP contribution is 2.10. The second kappa shape index (κ2) is 2.98. The van der Waals surface area contributed by atoms with Crippen molar-refractivity contribution >= 4 is 5.57 Å². The van der Waals surface area contributed by atoms with Crippen LogP contribution in [0.2, 0.25) is 0 Å². The fraction of sp³-hybridized carbons (Fsp3) is 0.111. The fourth-order valence-electron chi connectivity index (χ4n) is 0.798. The van der Waals surface area contributed by atoms with Crippen molar-refractivity contribution in [2.45, 2.75) is 6.92 Å². The predicted octanol–water partition coefficient (Wildman–Crippen LogP) is 1.93. The van der Waals surface area contributed by atoms with Gasteiger partial charge < -0.3 is 0 Å². The molecule has 0 spiro atoms. The van der Waals surface area contributed by atoms with Crippen LogP contribution in [0.15, 0.2) is 24.9 Å². The Morgan fingerprint density at radius 1 is 1.73 bits per heavy atom. The minimum Gasteiger partial charge on any atom is -0.262 e. The van der Waals surface area contributed by atoms with E-state index in [9.17, 15) is 0 Å². The number of hydrogen-bond donors (Lipinski definition) is 0. The van der Waals surface area contributed by atoms with E-state index in [1.807, 2.05) is 19.1 Å². The molecule has 0 aliphatic heterocycles. The Kier molecular flexibility index (Phi) is 2.03. The third-order valence-electron chi connectivity index (χ3n) is 1.38. The van der Waals surface area contributed by atoms with Gasteiger partial charge in [-0.2, -0.15) is 5.26 Å². The lowest BCUT2D eigenvalue weighted by Crippen LogP contribution is -1.83. The maximum Gasteiger partial charge on any atom is 0.0991 e. The summed E-state index contributed by atoms with van der Waals surface area (Å²) in [5.74, 6) is 0. The van der Waals surface area contributed by atoms with E-state index in [2.05, 4.69) is 11.6 Å². The van der Waals surface area contributed by atoms with Crippen molar-refractivity contribution in [2.75, 3.05) is 0 Å². The first-order valence-corrected chi connectivity index (χ1v) is 3.26. The van der Waals surface area contributed by atoms with Gasteiger partial charge in [0.05, 0.1) is 11.6 Å². The molecule has 0 radical (unpaired) electrons. The Labute approximate surface area is 65.8 Å². The quantitative estimate of drug-likeness (QED) is 0.564. The zero-order valence-corrected chi connectivity index (χ0v) is 6.33. The van der Waals surface area contributed by atoms with Crippen LogP contribution in [0.5, 0.6) is 0 Å². The summed E-state index contributed by atoms with van der Waals surface area (Å²) in [6, 6.07) is 5.60. The first kappa shape index (κ1) is 7.49. The molecule has 0 N–H and O–H groups in total. The van der Waals surface area contributed by atoms with Crippen LogP contribution >= 0.6 is 0 Å². The first-order valence-electron chi connectivity index (χ1n) is 3.26. The van der Waals surface area contributed by atoms with Crippen molar-refractivity contribution < 1.29 is 0 Å². The molecule has 2 nitrogen and oxygen atoms in total. The lowest BCUT2D eigenvalue weighted by atomic mass is 10.1. The SMILES string of the molecule is C=C(C#N)c1ccnc(C)c1. The number of aryl methyl sites for hydroxylation is 1. The number of nitriles is 1. The molecular formula is C9H8N2. The predicted molar refractivity (Wildman–Crippen MR) is 43.6 cm³/mol. The van der Waals surface area contributed by atoms with Gasteiger partial charge in [0.2, 0.25) is 0 Å². The van der Waals surface area contributed by atoms with Gasteiger partial charge in [0.15, 0.2) is 0 Å². The number of aromatic nitrogens is 1. The maximum atomic E-state index is 8.51. The van der Waals surface area contributed by atoms with Gasteiger partial charge in [-0.1, -0.05) is 6.58 Å². The lowest BCUT2D eigenvalue weighted by Gasteiger charge is -1.96. The molecule has 11 heavy (non-hydrogen) atoms. The summed E-state index contributed by atoms with van der Waals surface area (Å²) in [6.45, 7) is 5.48. The van der Waals surface area contributed by atoms with E-state index in [1.54, 1.807) is 12.3 Å². The maximum absolute atomic E-state index is 8.51. The molecule has 1 aromatic heterocycles. The lowest BCUT2D eigenvalue weighted by molar-refractivity contribution is 1.19. The molecule has 1 rings (SSSR count). The topological polar surface area (TPSA) is 36.7 Å². The summed E-state index contributed by atoms with van der Waals surface area (Å²) in [5, 5.41) is 8.51. The summed E-state index contributed by atoms with van der Waals surface area (Å²) >= 11 is 0. The van der Waals surface area contributed by atoms with Crippen molar-refractivity contribution in [2.24, 2.45) is 0 Å². The van der Waals surface area contributed by atoms with Gasteiger partial charge in [0.25, 0.3) is 0 Å². The minimum absolute atomic E-state index is 0.482.